The van der Waals surface area contributed by atoms with Crippen molar-refractivity contribution in [3.05, 3.63) is 0 Å². The lowest BCUT2D eigenvalue weighted by molar-refractivity contribution is -0.190. The molecular formula is C12H20F3NO. The highest BCUT2D eigenvalue weighted by molar-refractivity contribution is 4.88. The molecule has 1 saturated carbocycles. The fourth-order valence-electron chi connectivity index (χ4n) is 2.90. The monoisotopic (exact) mass is 251 g/mol. The van der Waals surface area contributed by atoms with Gasteiger partial charge in [0.05, 0.1) is 12.5 Å². The second-order valence-electron chi connectivity index (χ2n) is 5.12. The van der Waals surface area contributed by atoms with Gasteiger partial charge >= 0.3 is 6.18 Å². The number of rotatable bonds is 2. The summed E-state index contributed by atoms with van der Waals surface area (Å²) in [5.41, 5.74) is 0. The summed E-state index contributed by atoms with van der Waals surface area (Å²) < 4.78 is 43.9. The molecule has 1 aliphatic carbocycles. The number of hydrogen-bond donors (Lipinski definition) is 1. The first-order valence-corrected chi connectivity index (χ1v) is 6.48. The van der Waals surface area contributed by atoms with Crippen LogP contribution < -0.4 is 5.32 Å². The lowest BCUT2D eigenvalue weighted by Crippen LogP contribution is -2.51. The Labute approximate surface area is 99.9 Å². The van der Waals surface area contributed by atoms with Crippen LogP contribution in [0.4, 0.5) is 13.2 Å². The van der Waals surface area contributed by atoms with Crippen molar-refractivity contribution in [2.45, 2.75) is 56.8 Å². The maximum atomic E-state index is 12.9. The van der Waals surface area contributed by atoms with Crippen LogP contribution in [0.25, 0.3) is 0 Å². The van der Waals surface area contributed by atoms with Crippen LogP contribution in [0.5, 0.6) is 0 Å². The highest BCUT2D eigenvalue weighted by atomic mass is 19.4. The molecule has 1 aliphatic heterocycles. The van der Waals surface area contributed by atoms with Gasteiger partial charge in [-0.15, -0.1) is 0 Å². The minimum absolute atomic E-state index is 0.108. The van der Waals surface area contributed by atoms with Crippen LogP contribution in [0, 0.1) is 5.92 Å². The smallest absolute Gasteiger partial charge is 0.380 e. The first-order valence-electron chi connectivity index (χ1n) is 6.48. The molecule has 17 heavy (non-hydrogen) atoms. The summed E-state index contributed by atoms with van der Waals surface area (Å²) in [6, 6.07) is -0.299. The average molecular weight is 251 g/mol. The molecule has 2 rings (SSSR count). The van der Waals surface area contributed by atoms with Crippen LogP contribution in [-0.4, -0.2) is 31.5 Å². The first-order chi connectivity index (χ1) is 8.07. The molecule has 2 aliphatic rings. The van der Waals surface area contributed by atoms with Crippen molar-refractivity contribution >= 4 is 0 Å². The van der Waals surface area contributed by atoms with E-state index < -0.39 is 18.1 Å². The molecule has 0 amide bonds. The average Bonchev–Trinajstić information content (AvgIpc) is 2.30. The van der Waals surface area contributed by atoms with E-state index in [9.17, 15) is 13.2 Å². The standard InChI is InChI=1S/C12H20F3NO/c13-12(14,15)10-5-1-2-6-11(10)16-9-4-3-7-17-8-9/h9-11,16H,1-8H2. The van der Waals surface area contributed by atoms with E-state index in [2.05, 4.69) is 5.32 Å². The molecule has 0 spiro atoms. The topological polar surface area (TPSA) is 21.3 Å². The maximum Gasteiger partial charge on any atom is 0.393 e. The summed E-state index contributed by atoms with van der Waals surface area (Å²) in [5, 5.41) is 3.17. The fourth-order valence-corrected chi connectivity index (χ4v) is 2.90. The summed E-state index contributed by atoms with van der Waals surface area (Å²) in [6.07, 6.45) is 0.326. The van der Waals surface area contributed by atoms with Crippen molar-refractivity contribution in [2.75, 3.05) is 13.2 Å². The van der Waals surface area contributed by atoms with Gasteiger partial charge in [0.1, 0.15) is 0 Å². The molecule has 2 fully saturated rings. The largest absolute Gasteiger partial charge is 0.393 e. The van der Waals surface area contributed by atoms with Crippen molar-refractivity contribution in [3.8, 4) is 0 Å². The number of nitrogens with one attached hydrogen (secondary N) is 1. The molecule has 2 nitrogen and oxygen atoms in total. The number of halogens is 3. The van der Waals surface area contributed by atoms with Gasteiger partial charge in [-0.05, 0) is 25.7 Å². The van der Waals surface area contributed by atoms with Gasteiger partial charge < -0.3 is 10.1 Å². The fraction of sp³-hybridized carbons (Fsp3) is 1.00. The lowest BCUT2D eigenvalue weighted by Gasteiger charge is -2.37. The van der Waals surface area contributed by atoms with Gasteiger partial charge in [0.2, 0.25) is 0 Å². The van der Waals surface area contributed by atoms with E-state index in [1.54, 1.807) is 0 Å². The zero-order valence-electron chi connectivity index (χ0n) is 9.93. The van der Waals surface area contributed by atoms with E-state index in [0.717, 1.165) is 25.9 Å². The van der Waals surface area contributed by atoms with E-state index in [0.29, 0.717) is 19.4 Å². The van der Waals surface area contributed by atoms with Gasteiger partial charge in [0.25, 0.3) is 0 Å². The summed E-state index contributed by atoms with van der Waals surface area (Å²) in [7, 11) is 0. The van der Waals surface area contributed by atoms with Crippen LogP contribution in [0.3, 0.4) is 0 Å². The summed E-state index contributed by atoms with van der Waals surface area (Å²) in [6.45, 7) is 1.30. The van der Waals surface area contributed by atoms with Crippen LogP contribution in [0.2, 0.25) is 0 Å². The molecule has 1 heterocycles. The van der Waals surface area contributed by atoms with E-state index >= 15 is 0 Å². The molecule has 5 heteroatoms. The van der Waals surface area contributed by atoms with E-state index in [-0.39, 0.29) is 12.5 Å². The van der Waals surface area contributed by atoms with Crippen LogP contribution in [0.15, 0.2) is 0 Å². The Morgan fingerprint density at radius 2 is 1.76 bits per heavy atom. The predicted molar refractivity (Wildman–Crippen MR) is 58.8 cm³/mol. The molecule has 0 aromatic carbocycles. The van der Waals surface area contributed by atoms with Crippen molar-refractivity contribution in [2.24, 2.45) is 5.92 Å². The molecule has 0 bridgehead atoms. The number of hydrogen-bond acceptors (Lipinski definition) is 2. The highest BCUT2D eigenvalue weighted by Gasteiger charge is 2.45. The Morgan fingerprint density at radius 1 is 1.00 bits per heavy atom. The Bertz CT molecular complexity index is 238. The quantitative estimate of drug-likeness (QED) is 0.814. The third-order valence-corrected chi connectivity index (χ3v) is 3.80. The van der Waals surface area contributed by atoms with Crippen molar-refractivity contribution in [3.63, 3.8) is 0 Å². The summed E-state index contributed by atoms with van der Waals surface area (Å²) >= 11 is 0. The molecule has 1 N–H and O–H groups in total. The first kappa shape index (κ1) is 13.1. The lowest BCUT2D eigenvalue weighted by atomic mass is 9.83. The van der Waals surface area contributed by atoms with Crippen LogP contribution >= 0.6 is 0 Å². The highest BCUT2D eigenvalue weighted by Crippen LogP contribution is 2.38. The summed E-state index contributed by atoms with van der Waals surface area (Å²) in [5.74, 6) is -1.17. The maximum absolute atomic E-state index is 12.9. The second-order valence-corrected chi connectivity index (χ2v) is 5.12. The predicted octanol–water partition coefficient (Wildman–Crippen LogP) is 2.88. The van der Waals surface area contributed by atoms with E-state index in [4.69, 9.17) is 4.74 Å². The SMILES string of the molecule is FC(F)(F)C1CCCCC1NC1CCCOC1. The molecular weight excluding hydrogens is 231 g/mol. The zero-order chi connectivity index (χ0) is 12.3. The van der Waals surface area contributed by atoms with Crippen LogP contribution in [-0.2, 0) is 4.74 Å². The number of ether oxygens (including phenoxy) is 1. The Kier molecular flexibility index (Phi) is 4.31. The van der Waals surface area contributed by atoms with Gasteiger partial charge in [0.15, 0.2) is 0 Å². The molecule has 3 atom stereocenters. The molecule has 0 aromatic heterocycles. The molecule has 0 radical (unpaired) electrons. The van der Waals surface area contributed by atoms with Gasteiger partial charge in [-0.2, -0.15) is 13.2 Å². The minimum atomic E-state index is -4.06. The zero-order valence-corrected chi connectivity index (χ0v) is 9.93. The molecule has 100 valence electrons. The third-order valence-electron chi connectivity index (χ3n) is 3.80. The molecule has 1 saturated heterocycles. The summed E-state index contributed by atoms with van der Waals surface area (Å²) in [4.78, 5) is 0. The Morgan fingerprint density at radius 3 is 2.41 bits per heavy atom. The Balaban J connectivity index is 1.91. The second kappa shape index (κ2) is 5.57. The Hall–Kier alpha value is -0.290. The minimum Gasteiger partial charge on any atom is -0.380 e. The van der Waals surface area contributed by atoms with Crippen LogP contribution in [0.1, 0.15) is 38.5 Å². The molecule has 3 unspecified atom stereocenters. The third kappa shape index (κ3) is 3.58. The van der Waals surface area contributed by atoms with Gasteiger partial charge in [-0.3, -0.25) is 0 Å². The van der Waals surface area contributed by atoms with Crippen molar-refractivity contribution in [1.29, 1.82) is 0 Å². The van der Waals surface area contributed by atoms with Crippen molar-refractivity contribution in [1.82, 2.24) is 5.32 Å². The normalized spacial score (nSPS) is 35.8. The van der Waals surface area contributed by atoms with E-state index in [1.165, 1.54) is 0 Å². The number of alkyl halides is 3. The van der Waals surface area contributed by atoms with Gasteiger partial charge in [-0.25, -0.2) is 0 Å². The van der Waals surface area contributed by atoms with Gasteiger partial charge in [-0.1, -0.05) is 12.8 Å². The molecule has 0 aromatic rings. The van der Waals surface area contributed by atoms with Crippen molar-refractivity contribution < 1.29 is 17.9 Å². The van der Waals surface area contributed by atoms with Gasteiger partial charge in [0, 0.05) is 18.7 Å². The van der Waals surface area contributed by atoms with E-state index in [1.807, 2.05) is 0 Å².